The quantitative estimate of drug-likeness (QED) is 0.556. The molecule has 4 N–H and O–H groups in total. The van der Waals surface area contributed by atoms with Crippen molar-refractivity contribution in [3.63, 3.8) is 0 Å². The fraction of sp³-hybridized carbons (Fsp3) is 0.846. The molecule has 1 rings (SSSR count). The molecule has 0 radical (unpaired) electrons. The highest BCUT2D eigenvalue weighted by Gasteiger charge is 2.30. The number of imide groups is 1. The van der Waals surface area contributed by atoms with Crippen LogP contribution in [0.25, 0.3) is 0 Å². The average Bonchev–Trinajstić information content (AvgIpc) is 2.42. The SMILES string of the molecule is COCCNCC1CCCCN1C(C)C(=O)NC(N)=O. The van der Waals surface area contributed by atoms with Gasteiger partial charge in [0, 0.05) is 26.2 Å². The maximum atomic E-state index is 11.9. The minimum absolute atomic E-state index is 0.300. The minimum Gasteiger partial charge on any atom is -0.383 e. The number of nitrogens with one attached hydrogen (secondary N) is 2. The Hall–Kier alpha value is -1.18. The summed E-state index contributed by atoms with van der Waals surface area (Å²) in [7, 11) is 1.67. The summed E-state index contributed by atoms with van der Waals surface area (Å²) in [6.45, 7) is 4.96. The van der Waals surface area contributed by atoms with Crippen LogP contribution in [-0.4, -0.2) is 62.3 Å². The van der Waals surface area contributed by atoms with Gasteiger partial charge < -0.3 is 15.8 Å². The lowest BCUT2D eigenvalue weighted by Crippen LogP contribution is -2.55. The van der Waals surface area contributed by atoms with Gasteiger partial charge in [0.05, 0.1) is 12.6 Å². The smallest absolute Gasteiger partial charge is 0.318 e. The molecule has 2 unspecified atom stereocenters. The van der Waals surface area contributed by atoms with Crippen molar-refractivity contribution in [3.8, 4) is 0 Å². The van der Waals surface area contributed by atoms with Gasteiger partial charge in [-0.25, -0.2) is 4.79 Å². The second-order valence-electron chi connectivity index (χ2n) is 5.11. The number of carbonyl (C=O) groups excluding carboxylic acids is 2. The van der Waals surface area contributed by atoms with Crippen LogP contribution >= 0.6 is 0 Å². The number of rotatable bonds is 7. The summed E-state index contributed by atoms with van der Waals surface area (Å²) in [5.74, 6) is -0.332. The number of nitrogens with two attached hydrogens (primary N) is 1. The second kappa shape index (κ2) is 8.89. The molecular formula is C13H26N4O3. The highest BCUT2D eigenvalue weighted by atomic mass is 16.5. The van der Waals surface area contributed by atoms with Crippen molar-refractivity contribution < 1.29 is 14.3 Å². The van der Waals surface area contributed by atoms with Gasteiger partial charge in [-0.15, -0.1) is 0 Å². The third kappa shape index (κ3) is 5.44. The van der Waals surface area contributed by atoms with Crippen molar-refractivity contribution in [3.05, 3.63) is 0 Å². The summed E-state index contributed by atoms with van der Waals surface area (Å²) in [6.07, 6.45) is 3.29. The Morgan fingerprint density at radius 2 is 2.20 bits per heavy atom. The predicted molar refractivity (Wildman–Crippen MR) is 76.3 cm³/mol. The molecule has 3 amide bonds. The first-order chi connectivity index (χ1) is 9.56. The minimum atomic E-state index is -0.798. The molecular weight excluding hydrogens is 260 g/mol. The molecule has 2 atom stereocenters. The lowest BCUT2D eigenvalue weighted by molar-refractivity contribution is -0.126. The van der Waals surface area contributed by atoms with Crippen LogP contribution in [0.2, 0.25) is 0 Å². The monoisotopic (exact) mass is 286 g/mol. The van der Waals surface area contributed by atoms with Gasteiger partial charge >= 0.3 is 6.03 Å². The third-order valence-corrected chi connectivity index (χ3v) is 3.66. The molecule has 1 aliphatic rings. The first-order valence-electron chi connectivity index (χ1n) is 7.12. The molecule has 0 aromatic carbocycles. The van der Waals surface area contributed by atoms with E-state index in [1.54, 1.807) is 7.11 Å². The van der Waals surface area contributed by atoms with Gasteiger partial charge in [0.25, 0.3) is 0 Å². The van der Waals surface area contributed by atoms with Crippen LogP contribution < -0.4 is 16.4 Å². The molecule has 116 valence electrons. The molecule has 7 nitrogen and oxygen atoms in total. The van der Waals surface area contributed by atoms with E-state index in [1.807, 2.05) is 6.92 Å². The van der Waals surface area contributed by atoms with Crippen molar-refractivity contribution >= 4 is 11.9 Å². The molecule has 0 aromatic rings. The Bertz CT molecular complexity index is 325. The van der Waals surface area contributed by atoms with Gasteiger partial charge in [0.15, 0.2) is 0 Å². The van der Waals surface area contributed by atoms with E-state index in [0.717, 1.165) is 38.9 Å². The van der Waals surface area contributed by atoms with Gasteiger partial charge in [-0.1, -0.05) is 6.42 Å². The summed E-state index contributed by atoms with van der Waals surface area (Å²) in [5, 5.41) is 5.49. The van der Waals surface area contributed by atoms with Crippen LogP contribution in [0.3, 0.4) is 0 Å². The maximum Gasteiger partial charge on any atom is 0.318 e. The zero-order chi connectivity index (χ0) is 15.0. The highest BCUT2D eigenvalue weighted by Crippen LogP contribution is 2.19. The lowest BCUT2D eigenvalue weighted by atomic mass is 9.99. The van der Waals surface area contributed by atoms with Gasteiger partial charge in [0.2, 0.25) is 5.91 Å². The van der Waals surface area contributed by atoms with Gasteiger partial charge in [-0.3, -0.25) is 15.0 Å². The molecule has 0 aromatic heterocycles. The summed E-state index contributed by atoms with van der Waals surface area (Å²) < 4.78 is 5.00. The number of nitrogens with zero attached hydrogens (tertiary/aromatic N) is 1. The van der Waals surface area contributed by atoms with Crippen molar-refractivity contribution in [2.24, 2.45) is 5.73 Å². The Morgan fingerprint density at radius 1 is 1.45 bits per heavy atom. The largest absolute Gasteiger partial charge is 0.383 e. The van der Waals surface area contributed by atoms with E-state index in [2.05, 4.69) is 15.5 Å². The Morgan fingerprint density at radius 3 is 2.85 bits per heavy atom. The number of likely N-dealkylation sites (tertiary alicyclic amines) is 1. The van der Waals surface area contributed by atoms with Crippen molar-refractivity contribution in [2.75, 3.05) is 33.4 Å². The molecule has 1 saturated heterocycles. The zero-order valence-electron chi connectivity index (χ0n) is 12.4. The summed E-state index contributed by atoms with van der Waals surface area (Å²) in [5.41, 5.74) is 4.99. The van der Waals surface area contributed by atoms with E-state index < -0.39 is 6.03 Å². The predicted octanol–water partition coefficient (Wildman–Crippen LogP) is -0.340. The number of methoxy groups -OCH3 is 1. The first-order valence-corrected chi connectivity index (χ1v) is 7.12. The number of hydrogen-bond donors (Lipinski definition) is 3. The number of hydrogen-bond acceptors (Lipinski definition) is 5. The molecule has 1 heterocycles. The topological polar surface area (TPSA) is 96.7 Å². The van der Waals surface area contributed by atoms with E-state index >= 15 is 0 Å². The molecule has 0 aliphatic carbocycles. The van der Waals surface area contributed by atoms with Gasteiger partial charge in [0.1, 0.15) is 0 Å². The van der Waals surface area contributed by atoms with Crippen LogP contribution in [0.15, 0.2) is 0 Å². The van der Waals surface area contributed by atoms with Crippen molar-refractivity contribution in [1.29, 1.82) is 0 Å². The molecule has 20 heavy (non-hydrogen) atoms. The highest BCUT2D eigenvalue weighted by molar-refractivity contribution is 5.96. The van der Waals surface area contributed by atoms with Crippen LogP contribution in [0.1, 0.15) is 26.2 Å². The van der Waals surface area contributed by atoms with E-state index in [0.29, 0.717) is 12.6 Å². The molecule has 0 saturated carbocycles. The second-order valence-corrected chi connectivity index (χ2v) is 5.11. The van der Waals surface area contributed by atoms with E-state index in [4.69, 9.17) is 10.5 Å². The van der Waals surface area contributed by atoms with Gasteiger partial charge in [-0.05, 0) is 26.3 Å². The van der Waals surface area contributed by atoms with Crippen molar-refractivity contribution in [2.45, 2.75) is 38.3 Å². The van der Waals surface area contributed by atoms with Gasteiger partial charge in [-0.2, -0.15) is 0 Å². The van der Waals surface area contributed by atoms with Crippen molar-refractivity contribution in [1.82, 2.24) is 15.5 Å². The third-order valence-electron chi connectivity index (χ3n) is 3.66. The summed E-state index contributed by atoms with van der Waals surface area (Å²) >= 11 is 0. The van der Waals surface area contributed by atoms with E-state index in [9.17, 15) is 9.59 Å². The molecule has 0 bridgehead atoms. The fourth-order valence-electron chi connectivity index (χ4n) is 2.57. The number of primary amides is 1. The zero-order valence-corrected chi connectivity index (χ0v) is 12.4. The molecule has 1 aliphatic heterocycles. The fourth-order valence-corrected chi connectivity index (χ4v) is 2.57. The molecule has 7 heteroatoms. The summed E-state index contributed by atoms with van der Waals surface area (Å²) in [6, 6.07) is -0.847. The normalized spacial score (nSPS) is 21.4. The standard InChI is InChI=1S/C13H26N4O3/c1-10(12(18)16-13(14)19)17-7-4-3-5-11(17)9-15-6-8-20-2/h10-11,15H,3-9H2,1-2H3,(H3,14,16,18,19). The number of carbonyl (C=O) groups is 2. The summed E-state index contributed by atoms with van der Waals surface area (Å²) in [4.78, 5) is 24.8. The lowest BCUT2D eigenvalue weighted by Gasteiger charge is -2.39. The first kappa shape index (κ1) is 16.9. The average molecular weight is 286 g/mol. The van der Waals surface area contributed by atoms with E-state index in [1.165, 1.54) is 0 Å². The Balaban J connectivity index is 2.49. The number of urea groups is 1. The van der Waals surface area contributed by atoms with Crippen LogP contribution in [0.4, 0.5) is 4.79 Å². The maximum absolute atomic E-state index is 11.9. The number of ether oxygens (including phenoxy) is 1. The molecule has 1 fully saturated rings. The molecule has 0 spiro atoms. The van der Waals surface area contributed by atoms with Crippen LogP contribution in [-0.2, 0) is 9.53 Å². The Labute approximate surface area is 120 Å². The van der Waals surface area contributed by atoms with E-state index in [-0.39, 0.29) is 11.9 Å². The number of piperidine rings is 1. The number of amides is 3. The Kier molecular flexibility index (Phi) is 7.50. The van der Waals surface area contributed by atoms with Crippen LogP contribution in [0, 0.1) is 0 Å². The van der Waals surface area contributed by atoms with Crippen LogP contribution in [0.5, 0.6) is 0 Å².